The van der Waals surface area contributed by atoms with Crippen molar-refractivity contribution < 1.29 is 31.8 Å². The fraction of sp³-hybridized carbons (Fsp3) is 0.500. The number of aryl methyl sites for hydroxylation is 1. The summed E-state index contributed by atoms with van der Waals surface area (Å²) in [5, 5.41) is -0.451. The van der Waals surface area contributed by atoms with Gasteiger partial charge in [-0.25, -0.2) is 8.42 Å². The van der Waals surface area contributed by atoms with Gasteiger partial charge >= 0.3 is 0 Å². The van der Waals surface area contributed by atoms with Gasteiger partial charge < -0.3 is 23.5 Å². The van der Waals surface area contributed by atoms with Crippen LogP contribution in [0.3, 0.4) is 0 Å². The van der Waals surface area contributed by atoms with E-state index < -0.39 is 15.1 Å². The van der Waals surface area contributed by atoms with Gasteiger partial charge in [-0.15, -0.1) is 0 Å². The number of piperidine rings is 1. The van der Waals surface area contributed by atoms with Crippen LogP contribution in [0.15, 0.2) is 34.9 Å². The second kappa shape index (κ2) is 10.1. The third kappa shape index (κ3) is 5.33. The minimum Gasteiger partial charge on any atom is -0.493 e. The van der Waals surface area contributed by atoms with Gasteiger partial charge in [0.2, 0.25) is 11.7 Å². The van der Waals surface area contributed by atoms with Crippen LogP contribution in [0.25, 0.3) is 0 Å². The summed E-state index contributed by atoms with van der Waals surface area (Å²) in [6.07, 6.45) is 3.14. The van der Waals surface area contributed by atoms with Crippen molar-refractivity contribution in [3.8, 4) is 17.2 Å². The lowest BCUT2D eigenvalue weighted by molar-refractivity contribution is -0.132. The zero-order chi connectivity index (χ0) is 22.4. The Morgan fingerprint density at radius 1 is 1.06 bits per heavy atom. The molecule has 0 unspecified atom stereocenters. The van der Waals surface area contributed by atoms with Crippen LogP contribution in [0.5, 0.6) is 17.2 Å². The highest BCUT2D eigenvalue weighted by Gasteiger charge is 2.32. The van der Waals surface area contributed by atoms with Gasteiger partial charge in [0.25, 0.3) is 0 Å². The minimum atomic E-state index is -3.31. The lowest BCUT2D eigenvalue weighted by Crippen LogP contribution is -2.42. The van der Waals surface area contributed by atoms with Crippen LogP contribution in [0.2, 0.25) is 0 Å². The maximum Gasteiger partial charge on any atom is 0.222 e. The fourth-order valence-corrected chi connectivity index (χ4v) is 5.66. The third-order valence-electron chi connectivity index (χ3n) is 5.62. The highest BCUT2D eigenvalue weighted by Crippen LogP contribution is 2.40. The summed E-state index contributed by atoms with van der Waals surface area (Å²) in [4.78, 5) is 14.5. The van der Waals surface area contributed by atoms with Crippen LogP contribution >= 0.6 is 0 Å². The largest absolute Gasteiger partial charge is 0.493 e. The van der Waals surface area contributed by atoms with E-state index in [1.54, 1.807) is 44.4 Å². The predicted octanol–water partition coefficient (Wildman–Crippen LogP) is 2.84. The number of hydrogen-bond donors (Lipinski definition) is 0. The Hall–Kier alpha value is -2.68. The molecule has 2 heterocycles. The number of likely N-dealkylation sites (tertiary alicyclic amines) is 1. The second-order valence-corrected chi connectivity index (χ2v) is 9.74. The zero-order valence-electron chi connectivity index (χ0n) is 18.1. The summed E-state index contributed by atoms with van der Waals surface area (Å²) in [5.41, 5.74) is 0.851. The molecule has 3 rings (SSSR count). The van der Waals surface area contributed by atoms with Crippen LogP contribution in [0.4, 0.5) is 0 Å². The highest BCUT2D eigenvalue weighted by atomic mass is 32.2. The molecule has 0 saturated carbocycles. The van der Waals surface area contributed by atoms with E-state index in [-0.39, 0.29) is 11.7 Å². The Kier molecular flexibility index (Phi) is 7.48. The van der Waals surface area contributed by atoms with Gasteiger partial charge in [0.05, 0.1) is 32.8 Å². The van der Waals surface area contributed by atoms with Crippen molar-refractivity contribution in [3.05, 3.63) is 41.9 Å². The van der Waals surface area contributed by atoms with E-state index in [2.05, 4.69) is 0 Å². The number of sulfone groups is 1. The molecule has 0 N–H and O–H groups in total. The Morgan fingerprint density at radius 3 is 2.35 bits per heavy atom. The number of carbonyl (C=O) groups is 1. The molecule has 1 aromatic heterocycles. The van der Waals surface area contributed by atoms with E-state index in [4.69, 9.17) is 18.6 Å². The number of nitrogens with zero attached hydrogens (tertiary/aromatic N) is 1. The Morgan fingerprint density at radius 2 is 1.77 bits per heavy atom. The molecule has 0 aliphatic carbocycles. The van der Waals surface area contributed by atoms with Gasteiger partial charge in [-0.05, 0) is 43.0 Å². The van der Waals surface area contributed by atoms with Crippen molar-refractivity contribution in [1.82, 2.24) is 4.90 Å². The van der Waals surface area contributed by atoms with Gasteiger partial charge in [0, 0.05) is 19.5 Å². The van der Waals surface area contributed by atoms with E-state index in [9.17, 15) is 13.2 Å². The molecule has 31 heavy (non-hydrogen) atoms. The molecule has 1 aliphatic rings. The normalized spacial score (nSPS) is 15.0. The maximum atomic E-state index is 12.7. The van der Waals surface area contributed by atoms with Crippen molar-refractivity contribution in [2.24, 2.45) is 0 Å². The molecule has 1 fully saturated rings. The number of ether oxygens (including phenoxy) is 3. The first-order valence-electron chi connectivity index (χ1n) is 10.2. The van der Waals surface area contributed by atoms with Gasteiger partial charge in [0.15, 0.2) is 21.3 Å². The molecule has 8 nitrogen and oxygen atoms in total. The van der Waals surface area contributed by atoms with Crippen molar-refractivity contribution in [1.29, 1.82) is 0 Å². The summed E-state index contributed by atoms with van der Waals surface area (Å²) in [6, 6.07) is 7.00. The van der Waals surface area contributed by atoms with Gasteiger partial charge in [-0.1, -0.05) is 6.07 Å². The summed E-state index contributed by atoms with van der Waals surface area (Å²) in [7, 11) is 1.34. The number of carbonyl (C=O) groups excluding carboxylic acids is 1. The monoisotopic (exact) mass is 451 g/mol. The van der Waals surface area contributed by atoms with Crippen LogP contribution in [0, 0.1) is 0 Å². The van der Waals surface area contributed by atoms with Crippen molar-refractivity contribution in [2.75, 3.05) is 34.4 Å². The number of methoxy groups -OCH3 is 3. The van der Waals surface area contributed by atoms with E-state index in [1.165, 1.54) is 6.26 Å². The number of rotatable bonds is 9. The molecule has 0 spiro atoms. The summed E-state index contributed by atoms with van der Waals surface area (Å²) in [6.45, 7) is 0.869. The molecule has 1 aliphatic heterocycles. The Balaban J connectivity index is 1.56. The first-order chi connectivity index (χ1) is 14.9. The molecule has 1 aromatic carbocycles. The first-order valence-corrected chi connectivity index (χ1v) is 11.9. The molecular formula is C22H29NO7S. The molecule has 0 radical (unpaired) electrons. The molecule has 1 saturated heterocycles. The summed E-state index contributed by atoms with van der Waals surface area (Å²) >= 11 is 0. The average molecular weight is 452 g/mol. The van der Waals surface area contributed by atoms with Crippen molar-refractivity contribution in [2.45, 2.75) is 36.7 Å². The predicted molar refractivity (Wildman–Crippen MR) is 115 cm³/mol. The molecule has 9 heteroatoms. The molecule has 0 bridgehead atoms. The Labute approximate surface area is 183 Å². The van der Waals surface area contributed by atoms with Crippen molar-refractivity contribution in [3.63, 3.8) is 0 Å². The maximum absolute atomic E-state index is 12.7. The SMILES string of the molecule is COc1ccc(CCC(=O)N2CCC(S(=O)(=O)Cc3ccco3)CC2)c(OC)c1OC. The quantitative estimate of drug-likeness (QED) is 0.578. The second-order valence-electron chi connectivity index (χ2n) is 7.46. The van der Waals surface area contributed by atoms with Crippen LogP contribution in [0.1, 0.15) is 30.6 Å². The van der Waals surface area contributed by atoms with Gasteiger partial charge in [0.1, 0.15) is 11.5 Å². The number of amides is 1. The van der Waals surface area contributed by atoms with E-state index in [1.807, 2.05) is 6.07 Å². The lowest BCUT2D eigenvalue weighted by Gasteiger charge is -2.31. The standard InChI is InChI=1S/C22H29NO7S/c1-27-19-8-6-16(21(28-2)22(19)29-3)7-9-20(24)23-12-10-18(11-13-23)31(25,26)15-17-5-4-14-30-17/h4-6,8,14,18H,7,9-13,15H2,1-3H3. The topological polar surface area (TPSA) is 95.3 Å². The molecule has 0 atom stereocenters. The first kappa shape index (κ1) is 23.0. The fourth-order valence-electron chi connectivity index (χ4n) is 3.93. The summed E-state index contributed by atoms with van der Waals surface area (Å²) in [5.74, 6) is 1.96. The molecule has 170 valence electrons. The molecule has 1 amide bonds. The van der Waals surface area contributed by atoms with E-state index in [0.29, 0.717) is 61.8 Å². The summed E-state index contributed by atoms with van der Waals surface area (Å²) < 4.78 is 46.6. The van der Waals surface area contributed by atoms with Crippen LogP contribution in [-0.4, -0.2) is 58.9 Å². The molecule has 2 aromatic rings. The van der Waals surface area contributed by atoms with Crippen molar-refractivity contribution >= 4 is 15.7 Å². The Bertz CT molecular complexity index is 978. The minimum absolute atomic E-state index is 0.00118. The van der Waals surface area contributed by atoms with Crippen LogP contribution < -0.4 is 14.2 Å². The zero-order valence-corrected chi connectivity index (χ0v) is 18.9. The molecular weight excluding hydrogens is 422 g/mol. The number of benzene rings is 1. The van der Waals surface area contributed by atoms with Crippen LogP contribution in [-0.2, 0) is 26.8 Å². The van der Waals surface area contributed by atoms with Gasteiger partial charge in [-0.3, -0.25) is 4.79 Å². The van der Waals surface area contributed by atoms with Gasteiger partial charge in [-0.2, -0.15) is 0 Å². The van der Waals surface area contributed by atoms with E-state index in [0.717, 1.165) is 5.56 Å². The van der Waals surface area contributed by atoms with E-state index >= 15 is 0 Å². The smallest absolute Gasteiger partial charge is 0.222 e. The number of furan rings is 1. The lowest BCUT2D eigenvalue weighted by atomic mass is 10.1. The third-order valence-corrected chi connectivity index (χ3v) is 7.79. The average Bonchev–Trinajstić information content (AvgIpc) is 3.28. The number of hydrogen-bond acceptors (Lipinski definition) is 7. The highest BCUT2D eigenvalue weighted by molar-refractivity contribution is 7.91.